The van der Waals surface area contributed by atoms with Crippen molar-refractivity contribution in [3.05, 3.63) is 119 Å². The Labute approximate surface area is 549 Å². The first-order valence-electron chi connectivity index (χ1n) is 29.3. The van der Waals surface area contributed by atoms with Crippen LogP contribution in [0, 0.1) is 0 Å². The average molecular weight is 1360 g/mol. The minimum Gasteiger partial charge on any atom is -0.504 e. The van der Waals surface area contributed by atoms with Gasteiger partial charge in [0.1, 0.15) is 73.2 Å². The normalized spacial score (nSPS) is 30.3. The van der Waals surface area contributed by atoms with Gasteiger partial charge in [0.15, 0.2) is 58.5 Å². The molecule has 4 aromatic carbocycles. The average Bonchev–Trinajstić information content (AvgIpc) is 0.947. The van der Waals surface area contributed by atoms with E-state index in [-0.39, 0.29) is 46.0 Å². The number of aliphatic hydroxyl groups excluding tert-OH is 12. The highest BCUT2D eigenvalue weighted by molar-refractivity contribution is 5.93. The highest BCUT2D eigenvalue weighted by Gasteiger charge is 2.46. The summed E-state index contributed by atoms with van der Waals surface area (Å²) in [5.74, 6) is -1.75. The lowest BCUT2D eigenvalue weighted by Crippen LogP contribution is -2.61. The van der Waals surface area contributed by atoms with Crippen LogP contribution in [0.2, 0.25) is 0 Å². The van der Waals surface area contributed by atoms with Crippen molar-refractivity contribution in [2.45, 2.75) is 150 Å². The first-order valence-corrected chi connectivity index (χ1v) is 29.3. The third-order valence-corrected chi connectivity index (χ3v) is 14.8. The molecule has 0 aromatic heterocycles. The third-order valence-electron chi connectivity index (χ3n) is 14.8. The maximum atomic E-state index is 11.9. The van der Waals surface area contributed by atoms with Gasteiger partial charge in [-0.3, -0.25) is 9.59 Å². The third kappa shape index (κ3) is 21.7. The number of phenolic OH excluding ortho intramolecular Hbond substituents is 4. The number of rotatable bonds is 16. The molecule has 0 bridgehead atoms. The molecule has 4 saturated heterocycles. The van der Waals surface area contributed by atoms with E-state index >= 15 is 0 Å². The van der Waals surface area contributed by atoms with Crippen LogP contribution in [-0.4, -0.2) is 257 Å². The minimum absolute atomic E-state index is 0.0145. The van der Waals surface area contributed by atoms with Gasteiger partial charge in [0, 0.05) is 24.3 Å². The number of aliphatic hydroxyl groups is 12. The predicted octanol–water partition coefficient (Wildman–Crippen LogP) is -1.72. The summed E-state index contributed by atoms with van der Waals surface area (Å²) in [4.78, 5) is 47.5. The second-order valence-electron chi connectivity index (χ2n) is 21.8. The molecule has 528 valence electrons. The van der Waals surface area contributed by atoms with Gasteiger partial charge < -0.3 is 140 Å². The number of carbonyl (C=O) groups excluding carboxylic acids is 4. The molecule has 20 atom stereocenters. The number of methoxy groups -OCH3 is 4. The summed E-state index contributed by atoms with van der Waals surface area (Å²) in [6.07, 6.45) is -14.4. The summed E-state index contributed by atoms with van der Waals surface area (Å²) in [5, 5.41) is 159. The van der Waals surface area contributed by atoms with Crippen LogP contribution in [0.3, 0.4) is 0 Å². The van der Waals surface area contributed by atoms with Crippen LogP contribution < -0.4 is 29.6 Å². The zero-order valence-corrected chi connectivity index (χ0v) is 53.0. The second-order valence-corrected chi connectivity index (χ2v) is 21.8. The number of benzene rings is 4. The first-order chi connectivity index (χ1) is 45.3. The molecule has 20 unspecified atom stereocenters. The zero-order chi connectivity index (χ0) is 71.4. The second kappa shape index (κ2) is 36.6. The number of aromatic hydroxyl groups is 4. The van der Waals surface area contributed by atoms with Crippen molar-refractivity contribution in [1.29, 1.82) is 0 Å². The Morgan fingerprint density at radius 1 is 0.344 bits per heavy atom. The van der Waals surface area contributed by atoms with Crippen LogP contribution >= 0.6 is 0 Å². The number of esters is 2. The Hall–Kier alpha value is -8.52. The highest BCUT2D eigenvalue weighted by atomic mass is 16.7. The maximum absolute atomic E-state index is 11.9. The highest BCUT2D eigenvalue weighted by Crippen LogP contribution is 2.31. The van der Waals surface area contributed by atoms with Gasteiger partial charge >= 0.3 is 11.9 Å². The summed E-state index contributed by atoms with van der Waals surface area (Å²) in [7, 11) is 5.63. The molecule has 8 rings (SSSR count). The summed E-state index contributed by atoms with van der Waals surface area (Å²) in [6, 6.07) is 18.2. The van der Waals surface area contributed by atoms with Gasteiger partial charge in [0.25, 0.3) is 0 Å². The molecule has 4 aliphatic rings. The summed E-state index contributed by atoms with van der Waals surface area (Å²) in [5.41, 5.74) is 2.40. The van der Waals surface area contributed by atoms with Gasteiger partial charge in [0.05, 0.1) is 52.9 Å². The number of hydrogen-bond donors (Lipinski definition) is 18. The van der Waals surface area contributed by atoms with Gasteiger partial charge in [-0.15, -0.1) is 0 Å². The lowest BCUT2D eigenvalue weighted by atomic mass is 9.99. The smallest absolute Gasteiger partial charge is 0.333 e. The van der Waals surface area contributed by atoms with Crippen LogP contribution in [0.4, 0.5) is 0 Å². The largest absolute Gasteiger partial charge is 0.504 e. The van der Waals surface area contributed by atoms with Gasteiger partial charge in [0.2, 0.25) is 24.4 Å². The molecule has 0 aliphatic carbocycles. The van der Waals surface area contributed by atoms with E-state index in [0.29, 0.717) is 22.3 Å². The van der Waals surface area contributed by atoms with Crippen LogP contribution in [0.1, 0.15) is 49.9 Å². The molecule has 0 spiro atoms. The van der Waals surface area contributed by atoms with Crippen molar-refractivity contribution in [3.8, 4) is 46.0 Å². The van der Waals surface area contributed by atoms with E-state index < -0.39 is 146 Å². The number of phenols is 4. The summed E-state index contributed by atoms with van der Waals surface area (Å²) in [6.45, 7) is 6.02. The number of carbonyl (C=O) groups is 4. The van der Waals surface area contributed by atoms with E-state index in [2.05, 4.69) is 10.6 Å². The Bertz CT molecular complexity index is 2900. The van der Waals surface area contributed by atoms with Gasteiger partial charge in [-0.05, 0) is 123 Å². The van der Waals surface area contributed by atoms with E-state index in [0.717, 1.165) is 12.2 Å². The molecule has 2 amide bonds. The fourth-order valence-electron chi connectivity index (χ4n) is 9.11. The van der Waals surface area contributed by atoms with Crippen molar-refractivity contribution in [1.82, 2.24) is 10.6 Å². The zero-order valence-electron chi connectivity index (χ0n) is 53.0. The Kier molecular flexibility index (Phi) is 29.8. The molecule has 96 heavy (non-hydrogen) atoms. The molecule has 4 heterocycles. The van der Waals surface area contributed by atoms with Crippen LogP contribution in [-0.2, 0) is 47.6 Å². The van der Waals surface area contributed by atoms with Gasteiger partial charge in [-0.1, -0.05) is 24.3 Å². The Morgan fingerprint density at radius 2 is 0.583 bits per heavy atom. The molecule has 32 heteroatoms. The van der Waals surface area contributed by atoms with E-state index in [1.54, 1.807) is 36.4 Å². The minimum atomic E-state index is -1.55. The summed E-state index contributed by atoms with van der Waals surface area (Å²) < 4.78 is 50.6. The Morgan fingerprint density at radius 3 is 0.844 bits per heavy atom. The van der Waals surface area contributed by atoms with Crippen molar-refractivity contribution in [2.24, 2.45) is 0 Å². The van der Waals surface area contributed by atoms with Gasteiger partial charge in [-0.25, -0.2) is 9.59 Å². The molecule has 32 nitrogen and oxygen atoms in total. The topological polar surface area (TPSA) is 508 Å². The van der Waals surface area contributed by atoms with Crippen LogP contribution in [0.5, 0.6) is 46.0 Å². The predicted molar refractivity (Wildman–Crippen MR) is 333 cm³/mol. The van der Waals surface area contributed by atoms with E-state index in [1.807, 2.05) is 0 Å². The van der Waals surface area contributed by atoms with Crippen molar-refractivity contribution < 1.29 is 148 Å². The van der Waals surface area contributed by atoms with E-state index in [9.17, 15) is 101 Å². The standard InChI is InChI=1S/2C16H21NO7.2C16H20O8/c2*1-8-13(20)14(21)15(22)16(24-8)17-12(19)6-4-9-3-5-10(18)11(7-9)23-2;2*1-8-13(19)14(20)15(21)16(23-8)24-12(18)6-4-9-3-5-10(17)11(7-9)22-2/h2*3-8,13-16,18,20-22H,1-2H3,(H,17,19);2*3-8,13-17,19-21H,1-2H3/b4*6-4+. The number of ether oxygens (including phenoxy) is 10. The number of hydrogen-bond acceptors (Lipinski definition) is 30. The van der Waals surface area contributed by atoms with E-state index in [1.165, 1.54) is 129 Å². The van der Waals surface area contributed by atoms with Crippen molar-refractivity contribution in [3.63, 3.8) is 0 Å². The fourth-order valence-corrected chi connectivity index (χ4v) is 9.11. The maximum Gasteiger partial charge on any atom is 0.333 e. The monoisotopic (exact) mass is 1360 g/mol. The number of nitrogens with one attached hydrogen (secondary N) is 2. The van der Waals surface area contributed by atoms with E-state index in [4.69, 9.17) is 47.4 Å². The molecule has 0 radical (unpaired) electrons. The molecule has 4 fully saturated rings. The molecule has 18 N–H and O–H groups in total. The Balaban J connectivity index is 0.000000231. The lowest BCUT2D eigenvalue weighted by molar-refractivity contribution is -0.283. The quantitative estimate of drug-likeness (QED) is 0.0438. The fraction of sp³-hybridized carbons (Fsp3) is 0.438. The molecule has 4 aliphatic heterocycles. The summed E-state index contributed by atoms with van der Waals surface area (Å²) >= 11 is 0. The molecular formula is C64H82N2O30. The number of amides is 2. The molecule has 0 saturated carbocycles. The lowest BCUT2D eigenvalue weighted by Gasteiger charge is -2.39. The first kappa shape index (κ1) is 78.2. The molecular weight excluding hydrogens is 1280 g/mol. The molecule has 4 aromatic rings. The van der Waals surface area contributed by atoms with Crippen LogP contribution in [0.15, 0.2) is 97.1 Å². The SMILES string of the molecule is COc1cc(/C=C/C(=O)NC2OC(C)C(O)C(O)C2O)ccc1O.COc1cc(/C=C/C(=O)NC2OC(C)C(O)C(O)C2O)ccc1O.COc1cc(/C=C/C(=O)OC2OC(C)C(O)C(O)C2O)ccc1O.COc1cc(/C=C/C(=O)OC2OC(C)C(O)C(O)C2O)ccc1O. The van der Waals surface area contributed by atoms with Crippen LogP contribution in [0.25, 0.3) is 24.3 Å². The van der Waals surface area contributed by atoms with Crippen molar-refractivity contribution in [2.75, 3.05) is 28.4 Å². The van der Waals surface area contributed by atoms with Gasteiger partial charge in [-0.2, -0.15) is 0 Å². The van der Waals surface area contributed by atoms with Crippen molar-refractivity contribution >= 4 is 48.1 Å².